The third-order valence-electron chi connectivity index (χ3n) is 1.69. The van der Waals surface area contributed by atoms with Crippen molar-refractivity contribution < 1.29 is 4.79 Å². The van der Waals surface area contributed by atoms with E-state index in [4.69, 9.17) is 0 Å². The minimum Gasteiger partial charge on any atom is -0.316 e. The molecule has 0 aromatic rings. The van der Waals surface area contributed by atoms with Crippen LogP contribution in [0.1, 0.15) is 6.42 Å². The molecule has 0 heterocycles. The number of hydrogen-bond donors (Lipinski definition) is 1. The van der Waals surface area contributed by atoms with Crippen molar-refractivity contribution in [1.29, 1.82) is 0 Å². The van der Waals surface area contributed by atoms with Crippen LogP contribution in [0.2, 0.25) is 0 Å². The van der Waals surface area contributed by atoms with Crippen LogP contribution in [0.4, 0.5) is 0 Å². The molecule has 0 aromatic carbocycles. The number of nitrogens with one attached hydrogen (secondary N) is 1. The van der Waals surface area contributed by atoms with Crippen molar-refractivity contribution in [2.75, 3.05) is 13.6 Å². The Hall–Kier alpha value is -1.15. The molecule has 2 nitrogen and oxygen atoms in total. The summed E-state index contributed by atoms with van der Waals surface area (Å²) in [5.74, 6) is 0. The van der Waals surface area contributed by atoms with Gasteiger partial charge in [-0.05, 0) is 25.1 Å². The molecule has 1 aliphatic carbocycles. The topological polar surface area (TPSA) is 29.1 Å². The summed E-state index contributed by atoms with van der Waals surface area (Å²) < 4.78 is 0. The fourth-order valence-corrected chi connectivity index (χ4v) is 1.14. The van der Waals surface area contributed by atoms with E-state index < -0.39 is 0 Å². The van der Waals surface area contributed by atoms with Gasteiger partial charge in [-0.1, -0.05) is 18.2 Å². The van der Waals surface area contributed by atoms with Crippen LogP contribution in [-0.2, 0) is 4.79 Å². The Labute approximate surface area is 72.7 Å². The second-order valence-electron chi connectivity index (χ2n) is 2.71. The van der Waals surface area contributed by atoms with Gasteiger partial charge in [0.05, 0.1) is 0 Å². The van der Waals surface area contributed by atoms with Gasteiger partial charge < -0.3 is 5.32 Å². The Morgan fingerprint density at radius 1 is 1.67 bits per heavy atom. The molecule has 0 bridgehead atoms. The largest absolute Gasteiger partial charge is 0.316 e. The second kappa shape index (κ2) is 4.67. The highest BCUT2D eigenvalue weighted by molar-refractivity contribution is 5.78. The van der Waals surface area contributed by atoms with E-state index in [9.17, 15) is 4.79 Å². The number of likely N-dealkylation sites (N-methyl/N-ethyl adjacent to an activating group) is 1. The predicted molar refractivity (Wildman–Crippen MR) is 49.9 cm³/mol. The number of hydrogen-bond acceptors (Lipinski definition) is 2. The molecule has 0 unspecified atom stereocenters. The second-order valence-corrected chi connectivity index (χ2v) is 2.71. The van der Waals surface area contributed by atoms with Crippen LogP contribution in [0.15, 0.2) is 35.5 Å². The molecule has 0 spiro atoms. The maximum Gasteiger partial charge on any atom is 0.149 e. The van der Waals surface area contributed by atoms with Crippen molar-refractivity contribution in [2.24, 2.45) is 0 Å². The molecular weight excluding hydrogens is 150 g/mol. The summed E-state index contributed by atoms with van der Waals surface area (Å²) in [5.41, 5.74) is 1.92. The maximum atomic E-state index is 10.5. The minimum atomic E-state index is 0.769. The standard InChI is InChI=1S/C10H13NO/c1-11-7-9-4-2-3-5-10(6-9)8-12/h2,4-6,8,11H,3,7H2,1H3. The molecule has 0 aromatic heterocycles. The third kappa shape index (κ3) is 2.47. The fraction of sp³-hybridized carbons (Fsp3) is 0.300. The predicted octanol–water partition coefficient (Wildman–Crippen LogP) is 1.22. The normalized spacial score (nSPS) is 16.4. The van der Waals surface area contributed by atoms with Gasteiger partial charge in [-0.3, -0.25) is 4.79 Å². The summed E-state index contributed by atoms with van der Waals surface area (Å²) in [5, 5.41) is 3.05. The molecule has 0 saturated heterocycles. The van der Waals surface area contributed by atoms with Crippen LogP contribution >= 0.6 is 0 Å². The molecule has 1 N–H and O–H groups in total. The first-order valence-corrected chi connectivity index (χ1v) is 4.04. The molecule has 0 aliphatic heterocycles. The van der Waals surface area contributed by atoms with Crippen molar-refractivity contribution in [1.82, 2.24) is 5.32 Å². The van der Waals surface area contributed by atoms with Crippen molar-refractivity contribution >= 4 is 6.29 Å². The third-order valence-corrected chi connectivity index (χ3v) is 1.69. The molecule has 0 saturated carbocycles. The zero-order valence-electron chi connectivity index (χ0n) is 7.21. The lowest BCUT2D eigenvalue weighted by molar-refractivity contribution is -0.104. The van der Waals surface area contributed by atoms with E-state index >= 15 is 0 Å². The average molecular weight is 163 g/mol. The highest BCUT2D eigenvalue weighted by Gasteiger charge is 1.97. The summed E-state index contributed by atoms with van der Waals surface area (Å²) in [6, 6.07) is 0. The Morgan fingerprint density at radius 2 is 2.50 bits per heavy atom. The van der Waals surface area contributed by atoms with E-state index in [1.807, 2.05) is 25.3 Å². The van der Waals surface area contributed by atoms with Crippen LogP contribution in [0.3, 0.4) is 0 Å². The Balaban J connectivity index is 2.76. The van der Waals surface area contributed by atoms with Gasteiger partial charge in [0.15, 0.2) is 0 Å². The van der Waals surface area contributed by atoms with E-state index in [0.29, 0.717) is 0 Å². The zero-order valence-corrected chi connectivity index (χ0v) is 7.21. The van der Waals surface area contributed by atoms with Gasteiger partial charge in [0.2, 0.25) is 0 Å². The molecule has 0 amide bonds. The van der Waals surface area contributed by atoms with Gasteiger partial charge in [0, 0.05) is 12.1 Å². The smallest absolute Gasteiger partial charge is 0.149 e. The lowest BCUT2D eigenvalue weighted by atomic mass is 10.2. The molecule has 0 radical (unpaired) electrons. The summed E-state index contributed by atoms with van der Waals surface area (Å²) in [7, 11) is 1.89. The molecule has 12 heavy (non-hydrogen) atoms. The van der Waals surface area contributed by atoms with E-state index in [1.165, 1.54) is 0 Å². The summed E-state index contributed by atoms with van der Waals surface area (Å²) in [6.45, 7) is 0.807. The van der Waals surface area contributed by atoms with Crippen molar-refractivity contribution in [2.45, 2.75) is 6.42 Å². The summed E-state index contributed by atoms with van der Waals surface area (Å²) in [6.07, 6.45) is 9.67. The lowest BCUT2D eigenvalue weighted by Crippen LogP contribution is -2.09. The SMILES string of the molecule is CNCC1=CC(C=O)=CCC=C1. The lowest BCUT2D eigenvalue weighted by Gasteiger charge is -1.98. The molecule has 1 aliphatic rings. The Morgan fingerprint density at radius 3 is 3.17 bits per heavy atom. The van der Waals surface area contributed by atoms with Crippen molar-refractivity contribution in [3.8, 4) is 0 Å². The molecule has 0 fully saturated rings. The Bertz CT molecular complexity index is 249. The molecule has 1 rings (SSSR count). The van der Waals surface area contributed by atoms with E-state index in [0.717, 1.165) is 30.4 Å². The van der Waals surface area contributed by atoms with Crippen LogP contribution in [0.25, 0.3) is 0 Å². The number of allylic oxidation sites excluding steroid dienone is 4. The minimum absolute atomic E-state index is 0.769. The van der Waals surface area contributed by atoms with Gasteiger partial charge in [-0.2, -0.15) is 0 Å². The maximum absolute atomic E-state index is 10.5. The Kier molecular flexibility index (Phi) is 3.48. The van der Waals surface area contributed by atoms with Gasteiger partial charge >= 0.3 is 0 Å². The van der Waals surface area contributed by atoms with Gasteiger partial charge in [0.1, 0.15) is 6.29 Å². The van der Waals surface area contributed by atoms with Crippen LogP contribution < -0.4 is 5.32 Å². The van der Waals surface area contributed by atoms with Crippen LogP contribution in [0.5, 0.6) is 0 Å². The van der Waals surface area contributed by atoms with E-state index in [1.54, 1.807) is 0 Å². The van der Waals surface area contributed by atoms with Gasteiger partial charge in [0.25, 0.3) is 0 Å². The number of aldehydes is 1. The van der Waals surface area contributed by atoms with Gasteiger partial charge in [-0.15, -0.1) is 0 Å². The molecule has 2 heteroatoms. The molecule has 64 valence electrons. The summed E-state index contributed by atoms with van der Waals surface area (Å²) in [4.78, 5) is 10.5. The average Bonchev–Trinajstić information content (AvgIpc) is 2.30. The number of carbonyl (C=O) groups is 1. The quantitative estimate of drug-likeness (QED) is 0.634. The number of carbonyl (C=O) groups excluding carboxylic acids is 1. The number of rotatable bonds is 3. The van der Waals surface area contributed by atoms with E-state index in [-0.39, 0.29) is 0 Å². The van der Waals surface area contributed by atoms with E-state index in [2.05, 4.69) is 11.4 Å². The highest BCUT2D eigenvalue weighted by Crippen LogP contribution is 2.08. The monoisotopic (exact) mass is 163 g/mol. The molecular formula is C10H13NO. The van der Waals surface area contributed by atoms with Crippen molar-refractivity contribution in [3.63, 3.8) is 0 Å². The fourth-order valence-electron chi connectivity index (χ4n) is 1.14. The highest BCUT2D eigenvalue weighted by atomic mass is 16.1. The summed E-state index contributed by atoms with van der Waals surface area (Å²) >= 11 is 0. The molecule has 0 atom stereocenters. The van der Waals surface area contributed by atoms with Crippen molar-refractivity contribution in [3.05, 3.63) is 35.5 Å². The van der Waals surface area contributed by atoms with Crippen LogP contribution in [-0.4, -0.2) is 19.9 Å². The van der Waals surface area contributed by atoms with Gasteiger partial charge in [-0.25, -0.2) is 0 Å². The first kappa shape index (κ1) is 8.94. The zero-order chi connectivity index (χ0) is 8.81. The first-order chi connectivity index (χ1) is 5.86. The first-order valence-electron chi connectivity index (χ1n) is 4.04. The van der Waals surface area contributed by atoms with Crippen LogP contribution in [0, 0.1) is 0 Å².